The molecule has 6 aromatic carbocycles. The summed E-state index contributed by atoms with van der Waals surface area (Å²) in [6.07, 6.45) is 3.12. The first-order chi connectivity index (χ1) is 55.7. The van der Waals surface area contributed by atoms with E-state index in [0.29, 0.717) is 93.4 Å². The van der Waals surface area contributed by atoms with Crippen LogP contribution in [0.15, 0.2) is 121 Å². The van der Waals surface area contributed by atoms with Crippen LogP contribution in [0.1, 0.15) is 174 Å². The van der Waals surface area contributed by atoms with E-state index in [4.69, 9.17) is 48.7 Å². The molecule has 10 amide bonds. The Labute approximate surface area is 700 Å². The Balaban J connectivity index is 0.000000169. The van der Waals surface area contributed by atoms with Gasteiger partial charge < -0.3 is 44.7 Å². The Bertz CT molecular complexity index is 5060. The van der Waals surface area contributed by atoms with E-state index in [2.05, 4.69) is 108 Å². The smallest absolute Gasteiger partial charge is 0.262 e. The number of nitrogens with zero attached hydrogens (tertiary/aromatic N) is 7. The summed E-state index contributed by atoms with van der Waals surface area (Å²) < 4.78 is 24.4. The summed E-state index contributed by atoms with van der Waals surface area (Å²) in [5.41, 5.74) is 3.86. The molecular weight excluding hydrogens is 1570 g/mol. The van der Waals surface area contributed by atoms with E-state index in [1.165, 1.54) is 12.1 Å². The summed E-state index contributed by atoms with van der Waals surface area (Å²) in [6, 6.07) is 35.7. The van der Waals surface area contributed by atoms with Crippen LogP contribution in [-0.2, 0) is 24.0 Å². The molecule has 4 saturated carbocycles. The molecule has 5 N–H and O–H groups in total. The first-order valence-corrected chi connectivity index (χ1v) is 40.4. The lowest BCUT2D eigenvalue weighted by atomic mass is 9.49. The van der Waals surface area contributed by atoms with Crippen LogP contribution in [-0.4, -0.2) is 188 Å². The SMILES string of the molecule is CC1(C)C(NC(=O)c2ccc(N3CCN(C4CC(COc5ccc6c(c5)C(=O)N(C5CCC(=O)NC5=O)C6=O)C4)CC3)cc2)C(C)(C)C1Oc1ccc(C#N)c(Cl)c1.Cl.O=C1CC(COc2ccc3c(c2)C(=O)N(C2CCC(=O)NC2=O)C3=O)C1.[C-]#[N+]c1ccc(OC2C(C)(C)C(NC(=O)c3ccc(N4CCNCC4)cc3)C2(C)C)cc1Cl. The number of imide groups is 4. The van der Waals surface area contributed by atoms with Crippen LogP contribution in [0.25, 0.3) is 4.85 Å². The minimum atomic E-state index is -0.999. The fraction of sp³-hybridized carbons (Fsp3) is 0.443. The van der Waals surface area contributed by atoms with Crippen molar-refractivity contribution in [3.05, 3.63) is 182 Å². The van der Waals surface area contributed by atoms with E-state index in [1.807, 2.05) is 48.5 Å². The Morgan fingerprint density at radius 2 is 0.941 bits per heavy atom. The molecule has 6 aromatic rings. The zero-order valence-corrected chi connectivity index (χ0v) is 69.2. The maximum atomic E-state index is 13.5. The molecule has 0 spiro atoms. The first kappa shape index (κ1) is 85.0. The number of ether oxygens (including phenoxy) is 4. The van der Waals surface area contributed by atoms with Gasteiger partial charge in [-0.25, -0.2) is 4.85 Å². The lowest BCUT2D eigenvalue weighted by Gasteiger charge is -2.63. The second-order valence-corrected chi connectivity index (χ2v) is 35.0. The van der Waals surface area contributed by atoms with E-state index in [0.717, 1.165) is 86.4 Å². The van der Waals surface area contributed by atoms with Gasteiger partial charge in [0.1, 0.15) is 59.1 Å². The summed E-state index contributed by atoms with van der Waals surface area (Å²) in [5.74, 6) is -1.52. The van der Waals surface area contributed by atoms with E-state index < -0.39 is 59.3 Å². The number of nitrogens with one attached hydrogen (secondary N) is 5. The van der Waals surface area contributed by atoms with E-state index >= 15 is 0 Å². The zero-order chi connectivity index (χ0) is 83.3. The third kappa shape index (κ3) is 17.0. The predicted molar refractivity (Wildman–Crippen MR) is 441 cm³/mol. The van der Waals surface area contributed by atoms with Gasteiger partial charge in [-0.15, -0.1) is 12.4 Å². The Morgan fingerprint density at radius 1 is 0.525 bits per heavy atom. The van der Waals surface area contributed by atoms with Gasteiger partial charge >= 0.3 is 0 Å². The monoisotopic (exact) mass is 1660 g/mol. The predicted octanol–water partition coefficient (Wildman–Crippen LogP) is 11.0. The molecule has 27 nitrogen and oxygen atoms in total. The van der Waals surface area contributed by atoms with Crippen molar-refractivity contribution in [3.63, 3.8) is 0 Å². The van der Waals surface area contributed by atoms with Crippen LogP contribution in [0.3, 0.4) is 0 Å². The van der Waals surface area contributed by atoms with Crippen LogP contribution in [0.2, 0.25) is 10.0 Å². The second kappa shape index (κ2) is 34.2. The number of ketones is 1. The lowest BCUT2D eigenvalue weighted by molar-refractivity contribution is -0.164. The normalized spacial score (nSPS) is 24.4. The van der Waals surface area contributed by atoms with E-state index in [9.17, 15) is 58.0 Å². The molecule has 118 heavy (non-hydrogen) atoms. The van der Waals surface area contributed by atoms with Gasteiger partial charge in [0.15, 0.2) is 0 Å². The number of fused-ring (bicyclic) bond motifs is 2. The molecule has 0 bridgehead atoms. The molecule has 6 aliphatic heterocycles. The molecular formula is C88H95Cl3N12O15. The summed E-state index contributed by atoms with van der Waals surface area (Å²) in [7, 11) is 0. The Hall–Kier alpha value is -10.9. The highest BCUT2D eigenvalue weighted by Gasteiger charge is 2.65. The molecule has 16 rings (SSSR count). The van der Waals surface area contributed by atoms with Crippen molar-refractivity contribution in [3.8, 4) is 29.1 Å². The molecule has 8 fully saturated rings. The maximum absolute atomic E-state index is 13.5. The fourth-order valence-corrected chi connectivity index (χ4v) is 19.3. The number of carbonyl (C=O) groups excluding carboxylic acids is 11. The number of anilines is 2. The summed E-state index contributed by atoms with van der Waals surface area (Å²) in [6.45, 7) is 32.4. The minimum absolute atomic E-state index is 0. The van der Waals surface area contributed by atoms with Crippen LogP contribution in [0, 0.1) is 51.4 Å². The average Bonchev–Trinajstić information content (AvgIpc) is 0.958. The van der Waals surface area contributed by atoms with Crippen molar-refractivity contribution in [2.45, 2.75) is 149 Å². The van der Waals surface area contributed by atoms with Crippen molar-refractivity contribution in [1.82, 2.24) is 41.3 Å². The largest absolute Gasteiger partial charge is 0.493 e. The standard InChI is InChI=1S/C44H47ClN6O7.C26H31ClN4O2.C18H16N2O6.ClH/c1-43(2)41(44(3,4)42(43)58-31-10-7-27(23-46)34(45)22-31)48-37(53)26-5-8-28(9-6-26)49-15-17-50(18-16-49)29-19-25(20-29)24-57-30-11-12-32-33(21-30)40(56)51(39(32)55)35-13-14-36(52)47-38(35)54;1-25(2)23(26(3,4)24(25)33-19-10-11-21(28-5)20(27)16-19)30-22(32)17-6-8-18(9-7-17)31-14-12-29-13-15-31;21-10-5-9(6-10)8-26-11-1-2-12-13(7-11)18(25)20(17(12)24)14-3-4-15(22)19-16(14)23;/h5-12,21-22,25,29,35,41-42H,13-20,24H2,1-4H3,(H,48,53)(H,47,52,54);6-11,16,23-24,29H,12-15H2,1-4H3,(H,30,32);1-2,7,9,14H,3-6,8H2,(H,19,22,23);1H. The van der Waals surface area contributed by atoms with Gasteiger partial charge in [0.05, 0.1) is 57.6 Å². The molecule has 2 atom stereocenters. The van der Waals surface area contributed by atoms with Crippen molar-refractivity contribution in [2.24, 2.45) is 33.5 Å². The van der Waals surface area contributed by atoms with Crippen molar-refractivity contribution in [1.29, 1.82) is 5.26 Å². The number of benzene rings is 6. The summed E-state index contributed by atoms with van der Waals surface area (Å²) in [5, 5.41) is 24.2. The van der Waals surface area contributed by atoms with Gasteiger partial charge in [0.2, 0.25) is 29.3 Å². The number of Topliss-reactive ketones (excluding diaryl/α,β-unsaturated/α-hetero) is 1. The van der Waals surface area contributed by atoms with Crippen LogP contribution < -0.4 is 55.3 Å². The molecule has 0 aromatic heterocycles. The molecule has 2 unspecified atom stereocenters. The van der Waals surface area contributed by atoms with E-state index in [1.54, 1.807) is 60.7 Å². The van der Waals surface area contributed by atoms with Crippen molar-refractivity contribution < 1.29 is 71.7 Å². The van der Waals surface area contributed by atoms with Gasteiger partial charge in [0.25, 0.3) is 35.4 Å². The quantitative estimate of drug-likeness (QED) is 0.0371. The molecule has 6 heterocycles. The molecule has 0 radical (unpaired) electrons. The number of piperidine rings is 2. The van der Waals surface area contributed by atoms with Gasteiger partial charge in [-0.3, -0.25) is 78.1 Å². The van der Waals surface area contributed by atoms with Gasteiger partial charge in [-0.1, -0.05) is 84.7 Å². The molecule has 618 valence electrons. The van der Waals surface area contributed by atoms with Gasteiger partial charge in [0, 0.05) is 152 Å². The number of hydrogen-bond acceptors (Lipinski definition) is 20. The topological polar surface area (TPSA) is 329 Å². The number of halogens is 3. The molecule has 10 aliphatic rings. The van der Waals surface area contributed by atoms with E-state index in [-0.39, 0.29) is 130 Å². The number of carbonyl (C=O) groups is 11. The molecule has 4 saturated heterocycles. The Morgan fingerprint density at radius 3 is 1.36 bits per heavy atom. The summed E-state index contributed by atoms with van der Waals surface area (Å²) in [4.78, 5) is 149. The highest BCUT2D eigenvalue weighted by atomic mass is 35.5. The average molecular weight is 1670 g/mol. The van der Waals surface area contributed by atoms with Gasteiger partial charge in [-0.2, -0.15) is 5.26 Å². The van der Waals surface area contributed by atoms with Crippen LogP contribution in [0.4, 0.5) is 17.1 Å². The fourth-order valence-electron chi connectivity index (χ4n) is 18.9. The zero-order valence-electron chi connectivity index (χ0n) is 66.9. The lowest BCUT2D eigenvalue weighted by Crippen LogP contribution is -2.74. The van der Waals surface area contributed by atoms with Crippen molar-refractivity contribution >= 4 is 118 Å². The Kier molecular flexibility index (Phi) is 24.6. The number of rotatable bonds is 19. The summed E-state index contributed by atoms with van der Waals surface area (Å²) >= 11 is 12.4. The maximum Gasteiger partial charge on any atom is 0.262 e. The molecule has 30 heteroatoms. The number of hydrogen-bond donors (Lipinski definition) is 5. The van der Waals surface area contributed by atoms with Gasteiger partial charge in [-0.05, 0) is 141 Å². The third-order valence-electron chi connectivity index (χ3n) is 24.8. The highest BCUT2D eigenvalue weighted by molar-refractivity contribution is 6.33. The highest BCUT2D eigenvalue weighted by Crippen LogP contribution is 2.57. The third-order valence-corrected chi connectivity index (χ3v) is 25.4. The van der Waals surface area contributed by atoms with Crippen LogP contribution in [0.5, 0.6) is 23.0 Å². The number of piperazine rings is 2. The van der Waals surface area contributed by atoms with Crippen molar-refractivity contribution in [2.75, 3.05) is 75.4 Å². The number of nitriles is 1. The molecule has 4 aliphatic carbocycles. The first-order valence-electron chi connectivity index (χ1n) is 39.7. The minimum Gasteiger partial charge on any atom is -0.493 e. The number of amides is 10. The van der Waals surface area contributed by atoms with Crippen LogP contribution >= 0.6 is 35.6 Å². The second-order valence-electron chi connectivity index (χ2n) is 34.2.